The molecule has 1 saturated heterocycles. The van der Waals surface area contributed by atoms with Crippen LogP contribution in [0, 0.1) is 0 Å². The first-order valence-electron chi connectivity index (χ1n) is 8.29. The van der Waals surface area contributed by atoms with Gasteiger partial charge in [0, 0.05) is 32.2 Å². The molecule has 0 unspecified atom stereocenters. The lowest BCUT2D eigenvalue weighted by molar-refractivity contribution is 0.187. The van der Waals surface area contributed by atoms with Crippen LogP contribution >= 0.6 is 0 Å². The zero-order chi connectivity index (χ0) is 14.9. The van der Waals surface area contributed by atoms with Gasteiger partial charge in [0.15, 0.2) is 0 Å². The Kier molecular flexibility index (Phi) is 3.58. The Morgan fingerprint density at radius 3 is 2.55 bits per heavy atom. The van der Waals surface area contributed by atoms with Crippen LogP contribution in [0.2, 0.25) is 0 Å². The van der Waals surface area contributed by atoms with Gasteiger partial charge in [-0.25, -0.2) is 4.98 Å². The van der Waals surface area contributed by atoms with Gasteiger partial charge in [0.1, 0.15) is 0 Å². The van der Waals surface area contributed by atoms with Crippen molar-refractivity contribution in [1.82, 2.24) is 14.9 Å². The third-order valence-electron chi connectivity index (χ3n) is 5.06. The van der Waals surface area contributed by atoms with Crippen LogP contribution in [0.4, 0.5) is 5.95 Å². The highest BCUT2D eigenvalue weighted by molar-refractivity contribution is 5.78. The number of H-pyrrole nitrogens is 1. The molecule has 1 aliphatic carbocycles. The molecule has 1 saturated carbocycles. The minimum absolute atomic E-state index is 0.0428. The maximum Gasteiger partial charge on any atom is 0.260 e. The molecular weight excluding hydrogens is 276 g/mol. The molecule has 116 valence electrons. The Labute approximate surface area is 130 Å². The fourth-order valence-corrected chi connectivity index (χ4v) is 3.79. The molecular formula is C17H22N4O. The zero-order valence-electron chi connectivity index (χ0n) is 12.8. The van der Waals surface area contributed by atoms with Gasteiger partial charge < -0.3 is 4.90 Å². The predicted molar refractivity (Wildman–Crippen MR) is 88.4 cm³/mol. The van der Waals surface area contributed by atoms with Gasteiger partial charge in [0.05, 0.1) is 10.9 Å². The number of aromatic nitrogens is 2. The van der Waals surface area contributed by atoms with Gasteiger partial charge >= 0.3 is 0 Å². The topological polar surface area (TPSA) is 52.2 Å². The van der Waals surface area contributed by atoms with Crippen molar-refractivity contribution >= 4 is 16.9 Å². The average molecular weight is 298 g/mol. The number of fused-ring (bicyclic) bond motifs is 1. The van der Waals surface area contributed by atoms with Crippen LogP contribution in [-0.2, 0) is 0 Å². The van der Waals surface area contributed by atoms with Gasteiger partial charge in [-0.3, -0.25) is 14.7 Å². The van der Waals surface area contributed by atoms with Gasteiger partial charge in [-0.05, 0) is 25.0 Å². The highest BCUT2D eigenvalue weighted by atomic mass is 16.1. The minimum Gasteiger partial charge on any atom is -0.340 e. The Morgan fingerprint density at radius 2 is 1.77 bits per heavy atom. The molecule has 1 N–H and O–H groups in total. The fourth-order valence-electron chi connectivity index (χ4n) is 3.79. The first-order chi connectivity index (χ1) is 10.8. The summed E-state index contributed by atoms with van der Waals surface area (Å²) in [4.78, 5) is 24.6. The van der Waals surface area contributed by atoms with Crippen LogP contribution < -0.4 is 10.5 Å². The average Bonchev–Trinajstić information content (AvgIpc) is 3.09. The smallest absolute Gasteiger partial charge is 0.260 e. The van der Waals surface area contributed by atoms with Crippen LogP contribution in [-0.4, -0.2) is 47.1 Å². The van der Waals surface area contributed by atoms with Gasteiger partial charge in [-0.15, -0.1) is 0 Å². The third-order valence-corrected chi connectivity index (χ3v) is 5.06. The zero-order valence-corrected chi connectivity index (χ0v) is 12.8. The summed E-state index contributed by atoms with van der Waals surface area (Å²) in [7, 11) is 0. The molecule has 0 amide bonds. The van der Waals surface area contributed by atoms with Crippen molar-refractivity contribution in [3.8, 4) is 0 Å². The first kappa shape index (κ1) is 13.8. The third kappa shape index (κ3) is 2.50. The Morgan fingerprint density at radius 1 is 1.05 bits per heavy atom. The van der Waals surface area contributed by atoms with E-state index in [2.05, 4.69) is 19.8 Å². The molecule has 2 aromatic rings. The number of nitrogens with one attached hydrogen (secondary N) is 1. The maximum atomic E-state index is 12.2. The number of anilines is 1. The Bertz CT molecular complexity index is 712. The van der Waals surface area contributed by atoms with Crippen molar-refractivity contribution in [1.29, 1.82) is 0 Å². The molecule has 1 aromatic heterocycles. The number of hydrogen-bond acceptors (Lipinski definition) is 4. The second-order valence-electron chi connectivity index (χ2n) is 6.37. The number of aromatic amines is 1. The monoisotopic (exact) mass is 298 g/mol. The van der Waals surface area contributed by atoms with Crippen molar-refractivity contribution in [2.75, 3.05) is 31.1 Å². The second-order valence-corrected chi connectivity index (χ2v) is 6.37. The van der Waals surface area contributed by atoms with E-state index in [0.717, 1.165) is 43.7 Å². The standard InChI is InChI=1S/C17H22N4O/c22-16-14-7-3-4-8-15(14)18-17(19-16)21-11-9-20(10-12-21)13-5-1-2-6-13/h3-4,7-8,13H,1-2,5-6,9-12H2,(H,18,19,22). The lowest BCUT2D eigenvalue weighted by atomic mass is 10.2. The van der Waals surface area contributed by atoms with E-state index in [1.54, 1.807) is 0 Å². The maximum absolute atomic E-state index is 12.2. The second kappa shape index (κ2) is 5.72. The van der Waals surface area contributed by atoms with E-state index in [0.29, 0.717) is 5.39 Å². The molecule has 0 spiro atoms. The van der Waals surface area contributed by atoms with Gasteiger partial charge in [0.2, 0.25) is 5.95 Å². The van der Waals surface area contributed by atoms with Crippen LogP contribution in [0.25, 0.3) is 10.9 Å². The molecule has 2 fully saturated rings. The highest BCUT2D eigenvalue weighted by Gasteiger charge is 2.26. The van der Waals surface area contributed by atoms with Crippen molar-refractivity contribution in [3.63, 3.8) is 0 Å². The number of hydrogen-bond donors (Lipinski definition) is 1. The fraction of sp³-hybridized carbons (Fsp3) is 0.529. The summed E-state index contributed by atoms with van der Waals surface area (Å²) in [5.41, 5.74) is 0.735. The highest BCUT2D eigenvalue weighted by Crippen LogP contribution is 2.25. The molecule has 0 bridgehead atoms. The first-order valence-corrected chi connectivity index (χ1v) is 8.29. The number of para-hydroxylation sites is 1. The normalized spacial score (nSPS) is 20.8. The molecule has 1 aromatic carbocycles. The van der Waals surface area contributed by atoms with E-state index < -0.39 is 0 Å². The summed E-state index contributed by atoms with van der Waals surface area (Å²) in [5, 5.41) is 0.663. The van der Waals surface area contributed by atoms with E-state index in [1.165, 1.54) is 25.7 Å². The van der Waals surface area contributed by atoms with Gasteiger partial charge in [-0.1, -0.05) is 25.0 Å². The molecule has 5 heteroatoms. The van der Waals surface area contributed by atoms with Crippen molar-refractivity contribution < 1.29 is 0 Å². The number of rotatable bonds is 2. The quantitative estimate of drug-likeness (QED) is 0.921. The molecule has 0 radical (unpaired) electrons. The largest absolute Gasteiger partial charge is 0.340 e. The van der Waals surface area contributed by atoms with Crippen molar-refractivity contribution in [2.24, 2.45) is 0 Å². The molecule has 5 nitrogen and oxygen atoms in total. The molecule has 4 rings (SSSR count). The van der Waals surface area contributed by atoms with E-state index >= 15 is 0 Å². The SMILES string of the molecule is O=c1[nH]c(N2CCN(C3CCCC3)CC2)nc2ccccc12. The van der Waals surface area contributed by atoms with Gasteiger partial charge in [-0.2, -0.15) is 0 Å². The molecule has 0 atom stereocenters. The number of piperazine rings is 1. The summed E-state index contributed by atoms with van der Waals surface area (Å²) in [5.74, 6) is 0.717. The minimum atomic E-state index is -0.0428. The summed E-state index contributed by atoms with van der Waals surface area (Å²) < 4.78 is 0. The van der Waals surface area contributed by atoms with E-state index in [1.807, 2.05) is 24.3 Å². The van der Waals surface area contributed by atoms with Gasteiger partial charge in [0.25, 0.3) is 5.56 Å². The lowest BCUT2D eigenvalue weighted by Crippen LogP contribution is -2.50. The summed E-state index contributed by atoms with van der Waals surface area (Å²) >= 11 is 0. The summed E-state index contributed by atoms with van der Waals surface area (Å²) in [6.45, 7) is 4.03. The Balaban J connectivity index is 1.52. The van der Waals surface area contributed by atoms with Crippen LogP contribution in [0.3, 0.4) is 0 Å². The van der Waals surface area contributed by atoms with Crippen LogP contribution in [0.1, 0.15) is 25.7 Å². The van der Waals surface area contributed by atoms with Crippen molar-refractivity contribution in [3.05, 3.63) is 34.6 Å². The molecule has 1 aliphatic heterocycles. The van der Waals surface area contributed by atoms with Crippen LogP contribution in [0.5, 0.6) is 0 Å². The predicted octanol–water partition coefficient (Wildman–Crippen LogP) is 1.99. The lowest BCUT2D eigenvalue weighted by Gasteiger charge is -2.38. The number of nitrogens with zero attached hydrogens (tertiary/aromatic N) is 3. The van der Waals surface area contributed by atoms with E-state index in [4.69, 9.17) is 0 Å². The Hall–Kier alpha value is -1.88. The summed E-state index contributed by atoms with van der Waals surface area (Å²) in [6.07, 6.45) is 5.46. The van der Waals surface area contributed by atoms with E-state index in [-0.39, 0.29) is 5.56 Å². The summed E-state index contributed by atoms with van der Waals surface area (Å²) in [6, 6.07) is 8.31. The van der Waals surface area contributed by atoms with Crippen LogP contribution in [0.15, 0.2) is 29.1 Å². The number of benzene rings is 1. The molecule has 2 heterocycles. The van der Waals surface area contributed by atoms with E-state index in [9.17, 15) is 4.79 Å². The van der Waals surface area contributed by atoms with Crippen molar-refractivity contribution in [2.45, 2.75) is 31.7 Å². The molecule has 22 heavy (non-hydrogen) atoms. The molecule has 2 aliphatic rings.